The Morgan fingerprint density at radius 3 is 2.80 bits per heavy atom. The molecule has 0 atom stereocenters. The SMILES string of the molecule is C=C1CCC(c2cc(NCOCC[Si](C)(C)C)n3nccc3n2)CC1. The van der Waals surface area contributed by atoms with Crippen molar-refractivity contribution in [3.05, 3.63) is 36.2 Å². The van der Waals surface area contributed by atoms with E-state index in [1.165, 1.54) is 11.6 Å². The van der Waals surface area contributed by atoms with Crippen LogP contribution in [0, 0.1) is 0 Å². The fourth-order valence-corrected chi connectivity index (χ4v) is 3.92. The maximum absolute atomic E-state index is 5.79. The standard InChI is InChI=1S/C19H30N4OSi/c1-15-5-7-16(8-6-15)17-13-19(23-18(22-17)9-10-21-23)20-14-24-11-12-25(2,3)4/h9-10,13,16,20H,1,5-8,11-12,14H2,2-4H3. The molecule has 0 unspecified atom stereocenters. The van der Waals surface area contributed by atoms with Crippen molar-refractivity contribution < 1.29 is 4.74 Å². The molecule has 25 heavy (non-hydrogen) atoms. The zero-order valence-corrected chi connectivity index (χ0v) is 16.7. The Morgan fingerprint density at radius 2 is 2.08 bits per heavy atom. The lowest BCUT2D eigenvalue weighted by Gasteiger charge is -2.23. The van der Waals surface area contributed by atoms with Crippen LogP contribution in [0.5, 0.6) is 0 Å². The van der Waals surface area contributed by atoms with Crippen LogP contribution in [0.25, 0.3) is 5.65 Å². The fourth-order valence-electron chi connectivity index (χ4n) is 3.16. The number of rotatable bonds is 7. The minimum atomic E-state index is -1.04. The third-order valence-electron chi connectivity index (χ3n) is 4.84. The van der Waals surface area contributed by atoms with E-state index in [-0.39, 0.29) is 0 Å². The van der Waals surface area contributed by atoms with E-state index >= 15 is 0 Å². The van der Waals surface area contributed by atoms with Crippen molar-refractivity contribution in [2.45, 2.75) is 57.3 Å². The molecule has 1 N–H and O–H groups in total. The van der Waals surface area contributed by atoms with Crippen LogP contribution in [0.15, 0.2) is 30.5 Å². The van der Waals surface area contributed by atoms with Gasteiger partial charge in [-0.2, -0.15) is 9.61 Å². The number of hydrogen-bond acceptors (Lipinski definition) is 4. The molecule has 0 aliphatic heterocycles. The molecule has 1 aliphatic carbocycles. The van der Waals surface area contributed by atoms with Gasteiger partial charge in [0.1, 0.15) is 12.5 Å². The third-order valence-corrected chi connectivity index (χ3v) is 6.55. The zero-order chi connectivity index (χ0) is 17.9. The maximum atomic E-state index is 5.79. The molecule has 5 nitrogen and oxygen atoms in total. The Balaban J connectivity index is 1.67. The van der Waals surface area contributed by atoms with Crippen molar-refractivity contribution in [3.63, 3.8) is 0 Å². The highest BCUT2D eigenvalue weighted by atomic mass is 28.3. The molecule has 0 spiro atoms. The predicted molar refractivity (Wildman–Crippen MR) is 106 cm³/mol. The summed E-state index contributed by atoms with van der Waals surface area (Å²) < 4.78 is 7.64. The lowest BCUT2D eigenvalue weighted by Crippen LogP contribution is -2.22. The van der Waals surface area contributed by atoms with E-state index in [0.717, 1.165) is 49.4 Å². The van der Waals surface area contributed by atoms with E-state index < -0.39 is 8.07 Å². The lowest BCUT2D eigenvalue weighted by atomic mass is 9.84. The quantitative estimate of drug-likeness (QED) is 0.338. The summed E-state index contributed by atoms with van der Waals surface area (Å²) in [6.45, 7) is 12.5. The van der Waals surface area contributed by atoms with E-state index in [2.05, 4.69) is 42.7 Å². The molecule has 2 aromatic rings. The molecule has 0 aromatic carbocycles. The van der Waals surface area contributed by atoms with Gasteiger partial charge in [-0.3, -0.25) is 0 Å². The lowest BCUT2D eigenvalue weighted by molar-refractivity contribution is 0.165. The smallest absolute Gasteiger partial charge is 0.157 e. The molecule has 0 bridgehead atoms. The molecular formula is C19H30N4OSi. The molecule has 2 aromatic heterocycles. The first kappa shape index (κ1) is 18.1. The second-order valence-electron chi connectivity index (χ2n) is 8.23. The van der Waals surface area contributed by atoms with E-state index in [4.69, 9.17) is 9.72 Å². The summed E-state index contributed by atoms with van der Waals surface area (Å²) >= 11 is 0. The van der Waals surface area contributed by atoms with E-state index in [0.29, 0.717) is 12.6 Å². The van der Waals surface area contributed by atoms with Gasteiger partial charge >= 0.3 is 0 Å². The highest BCUT2D eigenvalue weighted by molar-refractivity contribution is 6.76. The van der Waals surface area contributed by atoms with Crippen LogP contribution < -0.4 is 5.32 Å². The van der Waals surface area contributed by atoms with Gasteiger partial charge in [-0.05, 0) is 31.7 Å². The summed E-state index contributed by atoms with van der Waals surface area (Å²) in [5, 5.41) is 7.77. The summed E-state index contributed by atoms with van der Waals surface area (Å²) in [6.07, 6.45) is 6.30. The van der Waals surface area contributed by atoms with E-state index in [1.807, 2.05) is 10.6 Å². The van der Waals surface area contributed by atoms with Gasteiger partial charge in [-0.15, -0.1) is 0 Å². The summed E-state index contributed by atoms with van der Waals surface area (Å²) in [7, 11) is -1.04. The number of allylic oxidation sites excluding steroid dienone is 1. The van der Waals surface area contributed by atoms with Crippen molar-refractivity contribution >= 4 is 19.5 Å². The van der Waals surface area contributed by atoms with Crippen molar-refractivity contribution in [1.82, 2.24) is 14.6 Å². The van der Waals surface area contributed by atoms with Gasteiger partial charge in [0.2, 0.25) is 0 Å². The molecule has 136 valence electrons. The Kier molecular flexibility index (Phi) is 5.59. The monoisotopic (exact) mass is 358 g/mol. The predicted octanol–water partition coefficient (Wildman–Crippen LogP) is 4.67. The Hall–Kier alpha value is -1.66. The van der Waals surface area contributed by atoms with E-state index in [9.17, 15) is 0 Å². The molecule has 3 rings (SSSR count). The normalized spacial score (nSPS) is 16.5. The molecular weight excluding hydrogens is 328 g/mol. The van der Waals surface area contributed by atoms with Gasteiger partial charge in [0.05, 0.1) is 6.20 Å². The average molecular weight is 359 g/mol. The fraction of sp³-hybridized carbons (Fsp3) is 0.579. The Bertz CT molecular complexity index is 725. The zero-order valence-electron chi connectivity index (χ0n) is 15.7. The number of ether oxygens (including phenoxy) is 1. The molecule has 0 radical (unpaired) electrons. The van der Waals surface area contributed by atoms with Gasteiger partial charge < -0.3 is 10.1 Å². The largest absolute Gasteiger partial charge is 0.362 e. The number of aromatic nitrogens is 3. The summed E-state index contributed by atoms with van der Waals surface area (Å²) in [4.78, 5) is 4.82. The Morgan fingerprint density at radius 1 is 1.32 bits per heavy atom. The van der Waals surface area contributed by atoms with Crippen molar-refractivity contribution in [2.75, 3.05) is 18.7 Å². The molecule has 1 saturated carbocycles. The maximum Gasteiger partial charge on any atom is 0.157 e. The van der Waals surface area contributed by atoms with Gasteiger partial charge in [-0.1, -0.05) is 31.8 Å². The summed E-state index contributed by atoms with van der Waals surface area (Å²) in [5.41, 5.74) is 3.42. The highest BCUT2D eigenvalue weighted by Gasteiger charge is 2.20. The van der Waals surface area contributed by atoms with Gasteiger partial charge in [0.25, 0.3) is 0 Å². The summed E-state index contributed by atoms with van der Waals surface area (Å²) in [5.74, 6) is 1.47. The van der Waals surface area contributed by atoms with Gasteiger partial charge in [0.15, 0.2) is 5.65 Å². The second kappa shape index (κ2) is 7.70. The van der Waals surface area contributed by atoms with Crippen LogP contribution >= 0.6 is 0 Å². The van der Waals surface area contributed by atoms with Crippen LogP contribution in [0.1, 0.15) is 37.3 Å². The van der Waals surface area contributed by atoms with E-state index in [1.54, 1.807) is 6.20 Å². The number of anilines is 1. The molecule has 6 heteroatoms. The number of fused-ring (bicyclic) bond motifs is 1. The van der Waals surface area contributed by atoms with Crippen LogP contribution in [-0.4, -0.2) is 36.0 Å². The minimum absolute atomic E-state index is 0.504. The molecule has 0 saturated heterocycles. The second-order valence-corrected chi connectivity index (χ2v) is 13.9. The van der Waals surface area contributed by atoms with Crippen LogP contribution in [0.2, 0.25) is 25.7 Å². The number of nitrogens with zero attached hydrogens (tertiary/aromatic N) is 3. The highest BCUT2D eigenvalue weighted by Crippen LogP contribution is 2.34. The van der Waals surface area contributed by atoms with Crippen LogP contribution in [0.4, 0.5) is 5.82 Å². The topological polar surface area (TPSA) is 51.5 Å². The third kappa shape index (κ3) is 4.92. The minimum Gasteiger partial charge on any atom is -0.362 e. The van der Waals surface area contributed by atoms with Crippen LogP contribution in [-0.2, 0) is 4.74 Å². The molecule has 0 amide bonds. The van der Waals surface area contributed by atoms with Gasteiger partial charge in [-0.25, -0.2) is 4.98 Å². The van der Waals surface area contributed by atoms with Gasteiger partial charge in [0, 0.05) is 38.4 Å². The molecule has 1 aliphatic rings. The Labute approximate surface area is 151 Å². The molecule has 2 heterocycles. The van der Waals surface area contributed by atoms with Crippen molar-refractivity contribution in [3.8, 4) is 0 Å². The average Bonchev–Trinajstić information content (AvgIpc) is 3.02. The molecule has 1 fully saturated rings. The van der Waals surface area contributed by atoms with Crippen molar-refractivity contribution in [2.24, 2.45) is 0 Å². The first-order valence-corrected chi connectivity index (χ1v) is 13.0. The number of hydrogen-bond donors (Lipinski definition) is 1. The first-order valence-electron chi connectivity index (χ1n) is 9.25. The summed E-state index contributed by atoms with van der Waals surface area (Å²) in [6, 6.07) is 5.28. The van der Waals surface area contributed by atoms with Crippen LogP contribution in [0.3, 0.4) is 0 Å². The first-order chi connectivity index (χ1) is 11.9. The van der Waals surface area contributed by atoms with Crippen molar-refractivity contribution in [1.29, 1.82) is 0 Å². The number of nitrogens with one attached hydrogen (secondary N) is 1.